The first-order valence-corrected chi connectivity index (χ1v) is 7.18. The largest absolute Gasteiger partial charge is 0.497 e. The number of hydrogen-bond acceptors (Lipinski definition) is 3. The highest BCUT2D eigenvalue weighted by molar-refractivity contribution is 6.02. The van der Waals surface area contributed by atoms with E-state index in [9.17, 15) is 4.79 Å². The van der Waals surface area contributed by atoms with Crippen molar-refractivity contribution in [1.29, 1.82) is 0 Å². The molecule has 0 aliphatic carbocycles. The summed E-state index contributed by atoms with van der Waals surface area (Å²) in [5.74, 6) is 0.811. The van der Waals surface area contributed by atoms with Crippen LogP contribution in [0.5, 0.6) is 5.75 Å². The first-order valence-electron chi connectivity index (χ1n) is 7.18. The maximum absolute atomic E-state index is 12.2. The molecule has 1 aliphatic heterocycles. The van der Waals surface area contributed by atoms with E-state index in [2.05, 4.69) is 18.0 Å². The highest BCUT2D eigenvalue weighted by atomic mass is 16.5. The third-order valence-corrected chi connectivity index (χ3v) is 4.05. The van der Waals surface area contributed by atoms with Crippen LogP contribution in [0.1, 0.15) is 12.5 Å². The molecule has 0 saturated heterocycles. The van der Waals surface area contributed by atoms with Crippen LogP contribution < -0.4 is 9.64 Å². The summed E-state index contributed by atoms with van der Waals surface area (Å²) in [7, 11) is 1.66. The molecule has 22 heavy (non-hydrogen) atoms. The van der Waals surface area contributed by atoms with Gasteiger partial charge in [-0.25, -0.2) is 0 Å². The van der Waals surface area contributed by atoms with E-state index in [-0.39, 0.29) is 11.3 Å². The van der Waals surface area contributed by atoms with Crippen LogP contribution in [-0.4, -0.2) is 24.5 Å². The van der Waals surface area contributed by atoms with E-state index >= 15 is 0 Å². The number of rotatable bonds is 3. The van der Waals surface area contributed by atoms with Crippen LogP contribution in [0.4, 0.5) is 5.69 Å². The Labute approximate surface area is 130 Å². The molecule has 3 rings (SSSR count). The molecule has 1 amide bonds. The molecule has 2 aromatic rings. The molecule has 1 atom stereocenters. The molecule has 1 aromatic heterocycles. The maximum atomic E-state index is 12.2. The third kappa shape index (κ3) is 2.60. The normalized spacial score (nSPS) is 21.0. The molecule has 2 heterocycles. The molecule has 0 N–H and O–H groups in total. The zero-order chi connectivity index (χ0) is 15.6. The van der Waals surface area contributed by atoms with Crippen molar-refractivity contribution in [2.24, 2.45) is 0 Å². The monoisotopic (exact) mass is 294 g/mol. The minimum atomic E-state index is -0.258. The van der Waals surface area contributed by atoms with Crippen LogP contribution in [-0.2, 0) is 10.2 Å². The van der Waals surface area contributed by atoms with Gasteiger partial charge in [-0.05, 0) is 29.8 Å². The summed E-state index contributed by atoms with van der Waals surface area (Å²) in [5.41, 5.74) is 1.72. The van der Waals surface area contributed by atoms with Crippen molar-refractivity contribution < 1.29 is 9.53 Å². The van der Waals surface area contributed by atoms with Crippen molar-refractivity contribution in [3.05, 3.63) is 66.5 Å². The zero-order valence-corrected chi connectivity index (χ0v) is 12.7. The summed E-state index contributed by atoms with van der Waals surface area (Å²) in [6.45, 7) is 2.71. The molecule has 0 fully saturated rings. The Morgan fingerprint density at radius 2 is 2.00 bits per heavy atom. The first kappa shape index (κ1) is 14.3. The molecule has 1 aliphatic rings. The number of benzene rings is 1. The molecule has 1 aromatic carbocycles. The highest BCUT2D eigenvalue weighted by Crippen LogP contribution is 2.33. The number of hydrogen-bond donors (Lipinski definition) is 0. The van der Waals surface area contributed by atoms with Crippen molar-refractivity contribution in [2.45, 2.75) is 12.3 Å². The number of carbonyl (C=O) groups excluding carboxylic acids is 1. The van der Waals surface area contributed by atoms with E-state index in [4.69, 9.17) is 4.74 Å². The lowest BCUT2D eigenvalue weighted by Gasteiger charge is -2.37. The van der Waals surface area contributed by atoms with Gasteiger partial charge in [0.25, 0.3) is 5.91 Å². The van der Waals surface area contributed by atoms with Crippen molar-refractivity contribution in [1.82, 2.24) is 4.98 Å². The van der Waals surface area contributed by atoms with Crippen LogP contribution in [0.3, 0.4) is 0 Å². The summed E-state index contributed by atoms with van der Waals surface area (Å²) in [5, 5.41) is 0. The Bertz CT molecular complexity index is 712. The molecular formula is C18H18N2O2. The lowest BCUT2D eigenvalue weighted by molar-refractivity contribution is -0.114. The fraction of sp³-hybridized carbons (Fsp3) is 0.222. The average Bonchev–Trinajstić information content (AvgIpc) is 2.58. The van der Waals surface area contributed by atoms with Gasteiger partial charge in [-0.3, -0.25) is 9.78 Å². The fourth-order valence-corrected chi connectivity index (χ4v) is 2.71. The lowest BCUT2D eigenvalue weighted by atomic mass is 9.79. The molecule has 0 spiro atoms. The van der Waals surface area contributed by atoms with Gasteiger partial charge in [0.15, 0.2) is 0 Å². The predicted octanol–water partition coefficient (Wildman–Crippen LogP) is 2.95. The van der Waals surface area contributed by atoms with Gasteiger partial charge in [0, 0.05) is 36.1 Å². The summed E-state index contributed by atoms with van der Waals surface area (Å²) in [6, 6.07) is 11.7. The molecular weight excluding hydrogens is 276 g/mol. The van der Waals surface area contributed by atoms with E-state index in [1.165, 1.54) is 0 Å². The molecule has 1 unspecified atom stereocenters. The minimum absolute atomic E-state index is 0.00780. The van der Waals surface area contributed by atoms with Gasteiger partial charge in [0.1, 0.15) is 5.75 Å². The van der Waals surface area contributed by atoms with Crippen LogP contribution in [0, 0.1) is 0 Å². The summed E-state index contributed by atoms with van der Waals surface area (Å²) in [6.07, 6.45) is 7.01. The lowest BCUT2D eigenvalue weighted by Crippen LogP contribution is -2.44. The first-order chi connectivity index (χ1) is 10.6. The van der Waals surface area contributed by atoms with Crippen LogP contribution in [0.25, 0.3) is 0 Å². The maximum Gasteiger partial charge on any atom is 0.250 e. The molecule has 4 heteroatoms. The number of ether oxygens (including phenoxy) is 1. The minimum Gasteiger partial charge on any atom is -0.497 e. The number of nitrogens with zero attached hydrogens (tertiary/aromatic N) is 2. The second-order valence-electron chi connectivity index (χ2n) is 5.61. The number of anilines is 1. The predicted molar refractivity (Wildman–Crippen MR) is 86.1 cm³/mol. The van der Waals surface area contributed by atoms with Crippen molar-refractivity contribution in [3.8, 4) is 5.75 Å². The molecule has 0 bridgehead atoms. The van der Waals surface area contributed by atoms with Gasteiger partial charge in [0.05, 0.1) is 7.11 Å². The van der Waals surface area contributed by atoms with E-state index in [1.54, 1.807) is 30.5 Å². The van der Waals surface area contributed by atoms with Gasteiger partial charge >= 0.3 is 0 Å². The summed E-state index contributed by atoms with van der Waals surface area (Å²) >= 11 is 0. The Balaban J connectivity index is 1.97. The standard InChI is InChI=1S/C18H18N2O2/c1-18(14-4-3-5-16(12-14)22-2)9-6-17(21)20(13-18)15-7-10-19-11-8-15/h3-12H,13H2,1-2H3. The number of carbonyl (C=O) groups is 1. The van der Waals surface area contributed by atoms with E-state index in [0.717, 1.165) is 17.0 Å². The van der Waals surface area contributed by atoms with E-state index < -0.39 is 0 Å². The number of aromatic nitrogens is 1. The van der Waals surface area contributed by atoms with Gasteiger partial charge < -0.3 is 9.64 Å². The second kappa shape index (κ2) is 5.64. The van der Waals surface area contributed by atoms with Gasteiger partial charge in [0.2, 0.25) is 0 Å². The number of pyridine rings is 1. The van der Waals surface area contributed by atoms with Gasteiger partial charge in [-0.15, -0.1) is 0 Å². The van der Waals surface area contributed by atoms with Crippen molar-refractivity contribution in [3.63, 3.8) is 0 Å². The Kier molecular flexibility index (Phi) is 3.67. The topological polar surface area (TPSA) is 42.4 Å². The molecule has 4 nitrogen and oxygen atoms in total. The molecule has 112 valence electrons. The van der Waals surface area contributed by atoms with Crippen LogP contribution in [0.15, 0.2) is 60.9 Å². The van der Waals surface area contributed by atoms with E-state index in [0.29, 0.717) is 6.54 Å². The van der Waals surface area contributed by atoms with Crippen molar-refractivity contribution >= 4 is 11.6 Å². The summed E-state index contributed by atoms with van der Waals surface area (Å²) in [4.78, 5) is 18.0. The van der Waals surface area contributed by atoms with Crippen LogP contribution in [0.2, 0.25) is 0 Å². The summed E-state index contributed by atoms with van der Waals surface area (Å²) < 4.78 is 5.31. The molecule has 0 saturated carbocycles. The SMILES string of the molecule is COc1cccc(C2(C)C=CC(=O)N(c3ccncc3)C2)c1. The van der Waals surface area contributed by atoms with E-state index in [1.807, 2.05) is 36.4 Å². The quantitative estimate of drug-likeness (QED) is 0.874. The zero-order valence-electron chi connectivity index (χ0n) is 12.7. The fourth-order valence-electron chi connectivity index (χ4n) is 2.71. The number of amides is 1. The van der Waals surface area contributed by atoms with Gasteiger partial charge in [-0.2, -0.15) is 0 Å². The smallest absolute Gasteiger partial charge is 0.250 e. The number of methoxy groups -OCH3 is 1. The Hall–Kier alpha value is -2.62. The highest BCUT2D eigenvalue weighted by Gasteiger charge is 2.33. The van der Waals surface area contributed by atoms with Crippen molar-refractivity contribution in [2.75, 3.05) is 18.6 Å². The Morgan fingerprint density at radius 1 is 1.23 bits per heavy atom. The van der Waals surface area contributed by atoms with Gasteiger partial charge in [-0.1, -0.05) is 25.1 Å². The Morgan fingerprint density at radius 3 is 2.73 bits per heavy atom. The third-order valence-electron chi connectivity index (χ3n) is 4.05. The molecule has 0 radical (unpaired) electrons. The van der Waals surface area contributed by atoms with Crippen LogP contribution >= 0.6 is 0 Å². The average molecular weight is 294 g/mol. The second-order valence-corrected chi connectivity index (χ2v) is 5.61.